The predicted octanol–water partition coefficient (Wildman–Crippen LogP) is 2.16. The molecule has 4 nitrogen and oxygen atoms in total. The van der Waals surface area contributed by atoms with Crippen LogP contribution in [-0.2, 0) is 0 Å². The third kappa shape index (κ3) is 1.92. The van der Waals surface area contributed by atoms with Gasteiger partial charge in [-0.2, -0.15) is 0 Å². The number of hydrogen-bond donors (Lipinski definition) is 2. The van der Waals surface area contributed by atoms with Crippen molar-refractivity contribution in [3.8, 4) is 5.75 Å². The maximum atomic E-state index is 12.3. The van der Waals surface area contributed by atoms with Crippen LogP contribution < -0.4 is 15.4 Å². The first kappa shape index (κ1) is 11.4. The van der Waals surface area contributed by atoms with E-state index in [2.05, 4.69) is 17.6 Å². The molecule has 1 aliphatic carbocycles. The largest absolute Gasteiger partial charge is 0.489 e. The molecule has 1 aliphatic heterocycles. The summed E-state index contributed by atoms with van der Waals surface area (Å²) in [7, 11) is 0. The van der Waals surface area contributed by atoms with Gasteiger partial charge in [0.05, 0.1) is 11.3 Å². The Bertz CT molecular complexity index is 481. The molecule has 0 atom stereocenters. The van der Waals surface area contributed by atoms with Gasteiger partial charge in [-0.15, -0.1) is 0 Å². The van der Waals surface area contributed by atoms with E-state index in [-0.39, 0.29) is 11.4 Å². The van der Waals surface area contributed by atoms with Crippen LogP contribution in [0.3, 0.4) is 0 Å². The Labute approximate surface area is 107 Å². The molecule has 0 bridgehead atoms. The maximum absolute atomic E-state index is 12.3. The summed E-state index contributed by atoms with van der Waals surface area (Å²) in [6, 6.07) is 5.65. The molecule has 2 aliphatic rings. The SMILES string of the molecule is CC1(NC(=O)c2cccc3c2OCCN3)CCC1. The van der Waals surface area contributed by atoms with E-state index < -0.39 is 0 Å². The number of benzene rings is 1. The Morgan fingerprint density at radius 1 is 1.44 bits per heavy atom. The van der Waals surface area contributed by atoms with Gasteiger partial charge in [0.25, 0.3) is 5.91 Å². The van der Waals surface area contributed by atoms with Crippen LogP contribution in [0, 0.1) is 0 Å². The summed E-state index contributed by atoms with van der Waals surface area (Å²) in [5.74, 6) is 0.655. The Hall–Kier alpha value is -1.71. The number of amides is 1. The van der Waals surface area contributed by atoms with Crippen molar-refractivity contribution in [1.82, 2.24) is 5.32 Å². The zero-order valence-corrected chi connectivity index (χ0v) is 10.6. The second-order valence-corrected chi connectivity index (χ2v) is 5.33. The Balaban J connectivity index is 1.85. The highest BCUT2D eigenvalue weighted by Crippen LogP contribution is 2.34. The highest BCUT2D eigenvalue weighted by molar-refractivity contribution is 5.99. The average Bonchev–Trinajstić information content (AvgIpc) is 2.36. The summed E-state index contributed by atoms with van der Waals surface area (Å²) in [6.45, 7) is 3.49. The molecule has 2 N–H and O–H groups in total. The normalized spacial score (nSPS) is 19.8. The number of carbonyl (C=O) groups is 1. The smallest absolute Gasteiger partial charge is 0.255 e. The summed E-state index contributed by atoms with van der Waals surface area (Å²) in [4.78, 5) is 12.3. The van der Waals surface area contributed by atoms with Crippen LogP contribution in [0.5, 0.6) is 5.75 Å². The third-order valence-corrected chi connectivity index (χ3v) is 3.80. The minimum atomic E-state index is -0.0299. The third-order valence-electron chi connectivity index (χ3n) is 3.80. The van der Waals surface area contributed by atoms with E-state index >= 15 is 0 Å². The molecule has 96 valence electrons. The summed E-state index contributed by atoms with van der Waals surface area (Å²) in [5.41, 5.74) is 1.52. The van der Waals surface area contributed by atoms with Crippen molar-refractivity contribution in [1.29, 1.82) is 0 Å². The van der Waals surface area contributed by atoms with Gasteiger partial charge in [0.15, 0.2) is 5.75 Å². The van der Waals surface area contributed by atoms with Crippen LogP contribution in [0.1, 0.15) is 36.5 Å². The quantitative estimate of drug-likeness (QED) is 0.840. The van der Waals surface area contributed by atoms with Crippen LogP contribution in [0.2, 0.25) is 0 Å². The van der Waals surface area contributed by atoms with Crippen molar-refractivity contribution in [3.63, 3.8) is 0 Å². The van der Waals surface area contributed by atoms with Gasteiger partial charge in [0, 0.05) is 12.1 Å². The van der Waals surface area contributed by atoms with E-state index in [4.69, 9.17) is 4.74 Å². The Kier molecular flexibility index (Phi) is 2.65. The molecule has 18 heavy (non-hydrogen) atoms. The van der Waals surface area contributed by atoms with E-state index in [9.17, 15) is 4.79 Å². The Morgan fingerprint density at radius 2 is 2.28 bits per heavy atom. The van der Waals surface area contributed by atoms with E-state index in [1.165, 1.54) is 6.42 Å². The fourth-order valence-electron chi connectivity index (χ4n) is 2.52. The average molecular weight is 246 g/mol. The number of para-hydroxylation sites is 1. The molecule has 4 heteroatoms. The van der Waals surface area contributed by atoms with Gasteiger partial charge in [0.1, 0.15) is 6.61 Å². The first-order valence-corrected chi connectivity index (χ1v) is 6.50. The first-order chi connectivity index (χ1) is 8.68. The van der Waals surface area contributed by atoms with Crippen LogP contribution in [0.4, 0.5) is 5.69 Å². The first-order valence-electron chi connectivity index (χ1n) is 6.50. The number of nitrogens with one attached hydrogen (secondary N) is 2. The van der Waals surface area contributed by atoms with Crippen LogP contribution >= 0.6 is 0 Å². The van der Waals surface area contributed by atoms with Crippen LogP contribution in [0.25, 0.3) is 0 Å². The van der Waals surface area contributed by atoms with Crippen molar-refractivity contribution in [2.75, 3.05) is 18.5 Å². The van der Waals surface area contributed by atoms with Crippen molar-refractivity contribution in [3.05, 3.63) is 23.8 Å². The second-order valence-electron chi connectivity index (χ2n) is 5.33. The fraction of sp³-hybridized carbons (Fsp3) is 0.500. The number of ether oxygens (including phenoxy) is 1. The second kappa shape index (κ2) is 4.19. The lowest BCUT2D eigenvalue weighted by Gasteiger charge is -2.39. The molecule has 1 aromatic carbocycles. The van der Waals surface area contributed by atoms with E-state index in [1.54, 1.807) is 0 Å². The van der Waals surface area contributed by atoms with E-state index in [0.717, 1.165) is 25.1 Å². The number of anilines is 1. The Morgan fingerprint density at radius 3 is 3.00 bits per heavy atom. The molecule has 0 saturated heterocycles. The van der Waals surface area contributed by atoms with Gasteiger partial charge in [-0.1, -0.05) is 6.07 Å². The standard InChI is InChI=1S/C14H18N2O2/c1-14(6-3-7-14)16-13(17)10-4-2-5-11-12(10)18-9-8-15-11/h2,4-5,15H,3,6-9H2,1H3,(H,16,17). The fourth-order valence-corrected chi connectivity index (χ4v) is 2.52. The van der Waals surface area contributed by atoms with Gasteiger partial charge >= 0.3 is 0 Å². The predicted molar refractivity (Wildman–Crippen MR) is 70.1 cm³/mol. The minimum absolute atomic E-state index is 0.0259. The minimum Gasteiger partial charge on any atom is -0.489 e. The van der Waals surface area contributed by atoms with Gasteiger partial charge in [-0.3, -0.25) is 4.79 Å². The topological polar surface area (TPSA) is 50.4 Å². The summed E-state index contributed by atoms with van der Waals surface area (Å²) in [6.07, 6.45) is 3.32. The van der Waals surface area contributed by atoms with Crippen molar-refractivity contribution in [2.24, 2.45) is 0 Å². The molecule has 1 heterocycles. The molecular weight excluding hydrogens is 228 g/mol. The number of fused-ring (bicyclic) bond motifs is 1. The van der Waals surface area contributed by atoms with Crippen LogP contribution in [-0.4, -0.2) is 24.6 Å². The summed E-state index contributed by atoms with van der Waals surface area (Å²) < 4.78 is 5.62. The zero-order valence-electron chi connectivity index (χ0n) is 10.6. The maximum Gasteiger partial charge on any atom is 0.255 e. The molecule has 1 fully saturated rings. The van der Waals surface area contributed by atoms with Gasteiger partial charge < -0.3 is 15.4 Å². The lowest BCUT2D eigenvalue weighted by Crippen LogP contribution is -2.51. The van der Waals surface area contributed by atoms with E-state index in [0.29, 0.717) is 17.9 Å². The summed E-state index contributed by atoms with van der Waals surface area (Å²) >= 11 is 0. The number of rotatable bonds is 2. The van der Waals surface area contributed by atoms with Crippen molar-refractivity contribution in [2.45, 2.75) is 31.7 Å². The van der Waals surface area contributed by atoms with Gasteiger partial charge in [0.2, 0.25) is 0 Å². The molecule has 1 amide bonds. The molecule has 0 aromatic heterocycles. The zero-order chi connectivity index (χ0) is 12.6. The molecule has 3 rings (SSSR count). The number of carbonyl (C=O) groups excluding carboxylic acids is 1. The molecule has 0 unspecified atom stereocenters. The van der Waals surface area contributed by atoms with E-state index in [1.807, 2.05) is 18.2 Å². The van der Waals surface area contributed by atoms with Gasteiger partial charge in [-0.05, 0) is 38.3 Å². The lowest BCUT2D eigenvalue weighted by molar-refractivity contribution is 0.0846. The highest BCUT2D eigenvalue weighted by Gasteiger charge is 2.34. The highest BCUT2D eigenvalue weighted by atomic mass is 16.5. The number of hydrogen-bond acceptors (Lipinski definition) is 3. The molecule has 0 spiro atoms. The van der Waals surface area contributed by atoms with Crippen LogP contribution in [0.15, 0.2) is 18.2 Å². The molecule has 1 aromatic rings. The monoisotopic (exact) mass is 246 g/mol. The van der Waals surface area contributed by atoms with Gasteiger partial charge in [-0.25, -0.2) is 0 Å². The molecule has 0 radical (unpaired) electrons. The molecular formula is C14H18N2O2. The summed E-state index contributed by atoms with van der Waals surface area (Å²) in [5, 5.41) is 6.36. The lowest BCUT2D eigenvalue weighted by atomic mass is 9.78. The van der Waals surface area contributed by atoms with Crippen molar-refractivity contribution < 1.29 is 9.53 Å². The molecule has 1 saturated carbocycles. The van der Waals surface area contributed by atoms with Crippen molar-refractivity contribution >= 4 is 11.6 Å².